The van der Waals surface area contributed by atoms with Crippen LogP contribution >= 0.6 is 0 Å². The van der Waals surface area contributed by atoms with E-state index in [1.807, 2.05) is 0 Å². The van der Waals surface area contributed by atoms with Gasteiger partial charge in [-0.05, 0) is 6.07 Å². The van der Waals surface area contributed by atoms with Crippen molar-refractivity contribution in [1.29, 1.82) is 0 Å². The highest BCUT2D eigenvalue weighted by Crippen LogP contribution is 2.20. The van der Waals surface area contributed by atoms with Gasteiger partial charge in [0.25, 0.3) is 0 Å². The van der Waals surface area contributed by atoms with Crippen LogP contribution in [0.4, 0.5) is 4.39 Å². The third-order valence-electron chi connectivity index (χ3n) is 4.15. The summed E-state index contributed by atoms with van der Waals surface area (Å²) in [5.74, 6) is -1.19. The van der Waals surface area contributed by atoms with Gasteiger partial charge in [0.2, 0.25) is 17.7 Å². The Kier molecular flexibility index (Phi) is 6.90. The molecule has 2 rings (SSSR count). The lowest BCUT2D eigenvalue weighted by Crippen LogP contribution is -2.56. The quantitative estimate of drug-likeness (QED) is 0.575. The first-order chi connectivity index (χ1) is 12.4. The minimum absolute atomic E-state index is 0.0311. The number of carbonyl (C=O) groups excluding carboxylic acids is 3. The third-order valence-corrected chi connectivity index (χ3v) is 4.15. The van der Waals surface area contributed by atoms with E-state index in [0.29, 0.717) is 24.4 Å². The van der Waals surface area contributed by atoms with E-state index >= 15 is 0 Å². The molecule has 1 aliphatic heterocycles. The summed E-state index contributed by atoms with van der Waals surface area (Å²) in [5.41, 5.74) is 5.44. The average Bonchev–Trinajstić information content (AvgIpc) is 2.59. The Balaban J connectivity index is 2.02. The first-order valence-electron chi connectivity index (χ1n) is 8.30. The number of piperazine rings is 1. The van der Waals surface area contributed by atoms with E-state index in [-0.39, 0.29) is 37.7 Å². The van der Waals surface area contributed by atoms with Crippen LogP contribution in [0.5, 0.6) is 5.75 Å². The van der Waals surface area contributed by atoms with Gasteiger partial charge in [-0.2, -0.15) is 0 Å². The minimum Gasteiger partial charge on any atom is -0.497 e. The van der Waals surface area contributed by atoms with Crippen molar-refractivity contribution in [1.82, 2.24) is 15.5 Å². The lowest BCUT2D eigenvalue weighted by Gasteiger charge is -2.34. The van der Waals surface area contributed by atoms with Crippen LogP contribution in [-0.4, -0.2) is 55.4 Å². The average molecular weight is 366 g/mol. The highest BCUT2D eigenvalue weighted by molar-refractivity contribution is 5.89. The van der Waals surface area contributed by atoms with Gasteiger partial charge in [-0.1, -0.05) is 6.07 Å². The van der Waals surface area contributed by atoms with Crippen molar-refractivity contribution in [3.8, 4) is 5.75 Å². The lowest BCUT2D eigenvalue weighted by atomic mass is 10.1. The van der Waals surface area contributed by atoms with Gasteiger partial charge in [0.1, 0.15) is 11.6 Å². The molecule has 1 atom stereocenters. The minimum atomic E-state index is -0.709. The number of amides is 3. The number of primary amides is 1. The number of methoxy groups -OCH3 is 1. The smallest absolute Gasteiger partial charge is 0.237 e. The number of rotatable bonds is 8. The van der Waals surface area contributed by atoms with Gasteiger partial charge in [0.05, 0.1) is 19.6 Å². The van der Waals surface area contributed by atoms with Crippen molar-refractivity contribution >= 4 is 17.7 Å². The van der Waals surface area contributed by atoms with Crippen LogP contribution in [0.1, 0.15) is 18.4 Å². The van der Waals surface area contributed by atoms with Gasteiger partial charge >= 0.3 is 0 Å². The molecule has 1 saturated heterocycles. The highest BCUT2D eigenvalue weighted by atomic mass is 19.1. The summed E-state index contributed by atoms with van der Waals surface area (Å²) >= 11 is 0. The highest BCUT2D eigenvalue weighted by Gasteiger charge is 2.32. The summed E-state index contributed by atoms with van der Waals surface area (Å²) < 4.78 is 19.2. The third kappa shape index (κ3) is 5.41. The van der Waals surface area contributed by atoms with E-state index < -0.39 is 17.8 Å². The maximum Gasteiger partial charge on any atom is 0.237 e. The van der Waals surface area contributed by atoms with Crippen LogP contribution in [-0.2, 0) is 20.9 Å². The molecule has 1 fully saturated rings. The van der Waals surface area contributed by atoms with Crippen LogP contribution in [0, 0.1) is 5.82 Å². The Morgan fingerprint density at radius 2 is 2.23 bits per heavy atom. The Morgan fingerprint density at radius 3 is 2.88 bits per heavy atom. The second kappa shape index (κ2) is 9.14. The first-order valence-corrected chi connectivity index (χ1v) is 8.30. The van der Waals surface area contributed by atoms with Crippen molar-refractivity contribution in [3.05, 3.63) is 29.6 Å². The molecule has 1 aromatic rings. The molecular weight excluding hydrogens is 343 g/mol. The van der Waals surface area contributed by atoms with Crippen molar-refractivity contribution in [2.45, 2.75) is 25.4 Å². The molecule has 0 aliphatic carbocycles. The maximum atomic E-state index is 14.2. The number of ether oxygens (including phenoxy) is 1. The molecule has 1 aliphatic rings. The zero-order chi connectivity index (χ0) is 19.1. The molecular formula is C17H23FN4O4. The SMILES string of the molecule is COc1ccc(CN2CCNC(=O)[C@@H]2CC(=O)NCCC(N)=O)c(F)c1. The van der Waals surface area contributed by atoms with Gasteiger partial charge < -0.3 is 21.1 Å². The van der Waals surface area contributed by atoms with E-state index in [0.717, 1.165) is 0 Å². The van der Waals surface area contributed by atoms with Crippen molar-refractivity contribution in [3.63, 3.8) is 0 Å². The fourth-order valence-corrected chi connectivity index (χ4v) is 2.75. The van der Waals surface area contributed by atoms with Crippen LogP contribution in [0.3, 0.4) is 0 Å². The van der Waals surface area contributed by atoms with Crippen LogP contribution in [0.2, 0.25) is 0 Å². The number of carbonyl (C=O) groups is 3. The topological polar surface area (TPSA) is 114 Å². The predicted octanol–water partition coefficient (Wildman–Crippen LogP) is -0.484. The van der Waals surface area contributed by atoms with Crippen LogP contribution in [0.15, 0.2) is 18.2 Å². The molecule has 9 heteroatoms. The van der Waals surface area contributed by atoms with Crippen molar-refractivity contribution in [2.75, 3.05) is 26.7 Å². The maximum absolute atomic E-state index is 14.2. The van der Waals surface area contributed by atoms with E-state index in [2.05, 4.69) is 10.6 Å². The first kappa shape index (κ1) is 19.6. The number of nitrogens with one attached hydrogen (secondary N) is 2. The zero-order valence-electron chi connectivity index (χ0n) is 14.6. The molecule has 0 radical (unpaired) electrons. The molecule has 0 bridgehead atoms. The molecule has 1 aromatic carbocycles. The molecule has 0 unspecified atom stereocenters. The number of halogens is 1. The van der Waals surface area contributed by atoms with E-state index in [4.69, 9.17) is 10.5 Å². The fraction of sp³-hybridized carbons (Fsp3) is 0.471. The normalized spacial score (nSPS) is 17.5. The summed E-state index contributed by atoms with van der Waals surface area (Å²) in [6.07, 6.45) is -0.0499. The number of hydrogen-bond donors (Lipinski definition) is 3. The van der Waals surface area contributed by atoms with Gasteiger partial charge in [0, 0.05) is 44.2 Å². The van der Waals surface area contributed by atoms with Gasteiger partial charge in [0.15, 0.2) is 0 Å². The monoisotopic (exact) mass is 366 g/mol. The van der Waals surface area contributed by atoms with Crippen molar-refractivity contribution in [2.24, 2.45) is 5.73 Å². The van der Waals surface area contributed by atoms with Crippen LogP contribution < -0.4 is 21.1 Å². The molecule has 8 nitrogen and oxygen atoms in total. The second-order valence-corrected chi connectivity index (χ2v) is 6.01. The molecule has 142 valence electrons. The predicted molar refractivity (Wildman–Crippen MR) is 91.6 cm³/mol. The summed E-state index contributed by atoms with van der Waals surface area (Å²) in [6.45, 7) is 1.24. The van der Waals surface area contributed by atoms with E-state index in [9.17, 15) is 18.8 Å². The molecule has 0 saturated carbocycles. The fourth-order valence-electron chi connectivity index (χ4n) is 2.75. The number of nitrogens with two attached hydrogens (primary N) is 1. The van der Waals surface area contributed by atoms with Crippen LogP contribution in [0.25, 0.3) is 0 Å². The molecule has 4 N–H and O–H groups in total. The molecule has 1 heterocycles. The Labute approximate surface area is 150 Å². The summed E-state index contributed by atoms with van der Waals surface area (Å²) in [7, 11) is 1.45. The largest absolute Gasteiger partial charge is 0.497 e. The molecule has 0 spiro atoms. The summed E-state index contributed by atoms with van der Waals surface area (Å²) in [5, 5.41) is 5.27. The second-order valence-electron chi connectivity index (χ2n) is 6.01. The van der Waals surface area contributed by atoms with Gasteiger partial charge in [-0.25, -0.2) is 4.39 Å². The Morgan fingerprint density at radius 1 is 1.46 bits per heavy atom. The van der Waals surface area contributed by atoms with Gasteiger partial charge in [-0.3, -0.25) is 19.3 Å². The van der Waals surface area contributed by atoms with Crippen molar-refractivity contribution < 1.29 is 23.5 Å². The number of nitrogens with zero attached hydrogens (tertiary/aromatic N) is 1. The standard InChI is InChI=1S/C17H23FN4O4/c1-26-12-3-2-11(13(18)8-12)10-22-7-6-21-17(25)14(22)9-16(24)20-5-4-15(19)23/h2-3,8,14H,4-7,9-10H2,1H3,(H2,19,23)(H,20,24)(H,21,25)/t14-/m0/s1. The summed E-state index contributed by atoms with van der Waals surface area (Å²) in [6, 6.07) is 3.82. The van der Waals surface area contributed by atoms with E-state index in [1.54, 1.807) is 17.0 Å². The number of hydrogen-bond acceptors (Lipinski definition) is 5. The Hall–Kier alpha value is -2.68. The van der Waals surface area contributed by atoms with Gasteiger partial charge in [-0.15, -0.1) is 0 Å². The zero-order valence-corrected chi connectivity index (χ0v) is 14.6. The Bertz CT molecular complexity index is 683. The summed E-state index contributed by atoms with van der Waals surface area (Å²) in [4.78, 5) is 36.7. The molecule has 0 aromatic heterocycles. The number of benzene rings is 1. The van der Waals surface area contributed by atoms with E-state index in [1.165, 1.54) is 13.2 Å². The molecule has 3 amide bonds. The molecule has 26 heavy (non-hydrogen) atoms. The lowest BCUT2D eigenvalue weighted by molar-refractivity contribution is -0.134.